The molecule has 0 aromatic carbocycles. The van der Waals surface area contributed by atoms with Gasteiger partial charge in [-0.25, -0.2) is 4.98 Å². The highest BCUT2D eigenvalue weighted by atomic mass is 16.6. The van der Waals surface area contributed by atoms with Crippen LogP contribution >= 0.6 is 0 Å². The number of rotatable bonds is 6. The number of likely N-dealkylation sites (N-methyl/N-ethyl adjacent to an activating group) is 1. The summed E-state index contributed by atoms with van der Waals surface area (Å²) >= 11 is 0. The van der Waals surface area contributed by atoms with E-state index in [0.717, 1.165) is 0 Å². The Morgan fingerprint density at radius 3 is 2.63 bits per heavy atom. The molecule has 0 bridgehead atoms. The SMILES string of the molecule is CCNc1nc(C)c([N+](=O)[O-])c(N(C)CC(C)O)n1. The molecule has 1 rings (SSSR count). The minimum Gasteiger partial charge on any atom is -0.392 e. The van der Waals surface area contributed by atoms with E-state index in [1.807, 2.05) is 6.92 Å². The third-order valence-electron chi connectivity index (χ3n) is 2.46. The molecule has 1 unspecified atom stereocenters. The number of anilines is 2. The van der Waals surface area contributed by atoms with Crippen LogP contribution in [0.1, 0.15) is 19.5 Å². The molecule has 8 heteroatoms. The summed E-state index contributed by atoms with van der Waals surface area (Å²) < 4.78 is 0. The zero-order valence-corrected chi connectivity index (χ0v) is 11.5. The van der Waals surface area contributed by atoms with Crippen molar-refractivity contribution in [3.8, 4) is 0 Å². The first-order valence-corrected chi connectivity index (χ1v) is 6.02. The molecule has 1 atom stereocenters. The monoisotopic (exact) mass is 269 g/mol. The highest BCUT2D eigenvalue weighted by Crippen LogP contribution is 2.29. The second kappa shape index (κ2) is 6.28. The quantitative estimate of drug-likeness (QED) is 0.585. The van der Waals surface area contributed by atoms with Crippen LogP contribution in [0.15, 0.2) is 0 Å². The van der Waals surface area contributed by atoms with Gasteiger partial charge in [-0.3, -0.25) is 10.1 Å². The lowest BCUT2D eigenvalue weighted by molar-refractivity contribution is -0.385. The molecule has 19 heavy (non-hydrogen) atoms. The van der Waals surface area contributed by atoms with Crippen LogP contribution in [0, 0.1) is 17.0 Å². The predicted octanol–water partition coefficient (Wildman–Crippen LogP) is 0.942. The maximum Gasteiger partial charge on any atom is 0.332 e. The van der Waals surface area contributed by atoms with Gasteiger partial charge in [0.15, 0.2) is 0 Å². The first kappa shape index (κ1) is 15.1. The van der Waals surface area contributed by atoms with Crippen LogP contribution in [0.25, 0.3) is 0 Å². The summed E-state index contributed by atoms with van der Waals surface area (Å²) in [4.78, 5) is 20.4. The van der Waals surface area contributed by atoms with Crippen molar-refractivity contribution in [2.24, 2.45) is 0 Å². The van der Waals surface area contributed by atoms with E-state index < -0.39 is 11.0 Å². The van der Waals surface area contributed by atoms with E-state index in [9.17, 15) is 15.2 Å². The van der Waals surface area contributed by atoms with E-state index in [1.54, 1.807) is 25.8 Å². The minimum atomic E-state index is -0.609. The van der Waals surface area contributed by atoms with Gasteiger partial charge in [-0.15, -0.1) is 0 Å². The van der Waals surface area contributed by atoms with E-state index >= 15 is 0 Å². The van der Waals surface area contributed by atoms with E-state index in [4.69, 9.17) is 0 Å². The van der Waals surface area contributed by atoms with Crippen LogP contribution in [0.2, 0.25) is 0 Å². The van der Waals surface area contributed by atoms with Gasteiger partial charge in [0, 0.05) is 20.1 Å². The number of aliphatic hydroxyl groups is 1. The van der Waals surface area contributed by atoms with Crippen LogP contribution < -0.4 is 10.2 Å². The highest BCUT2D eigenvalue weighted by Gasteiger charge is 2.25. The fraction of sp³-hybridized carbons (Fsp3) is 0.636. The van der Waals surface area contributed by atoms with Crippen LogP contribution in [0.5, 0.6) is 0 Å². The van der Waals surface area contributed by atoms with Gasteiger partial charge in [0.1, 0.15) is 5.69 Å². The molecule has 0 aliphatic heterocycles. The molecular formula is C11H19N5O3. The predicted molar refractivity (Wildman–Crippen MR) is 72.5 cm³/mol. The van der Waals surface area contributed by atoms with E-state index in [1.165, 1.54) is 0 Å². The molecule has 8 nitrogen and oxygen atoms in total. The van der Waals surface area contributed by atoms with Gasteiger partial charge in [0.25, 0.3) is 0 Å². The Kier molecular flexibility index (Phi) is 4.99. The summed E-state index contributed by atoms with van der Waals surface area (Å²) in [5.74, 6) is 0.549. The zero-order chi connectivity index (χ0) is 14.6. The zero-order valence-electron chi connectivity index (χ0n) is 11.5. The molecule has 0 aliphatic rings. The second-order valence-corrected chi connectivity index (χ2v) is 4.32. The normalized spacial score (nSPS) is 12.1. The van der Waals surface area contributed by atoms with Gasteiger partial charge in [-0.2, -0.15) is 4.98 Å². The van der Waals surface area contributed by atoms with Gasteiger partial charge >= 0.3 is 5.69 Å². The summed E-state index contributed by atoms with van der Waals surface area (Å²) in [7, 11) is 1.65. The fourth-order valence-electron chi connectivity index (χ4n) is 1.75. The average molecular weight is 269 g/mol. The lowest BCUT2D eigenvalue weighted by Gasteiger charge is -2.20. The lowest BCUT2D eigenvalue weighted by Crippen LogP contribution is -2.29. The number of nitro groups is 1. The van der Waals surface area contributed by atoms with Crippen molar-refractivity contribution in [3.05, 3.63) is 15.8 Å². The Hall–Kier alpha value is -1.96. The summed E-state index contributed by atoms with van der Waals surface area (Å²) in [6, 6.07) is 0. The molecule has 0 radical (unpaired) electrons. The number of aliphatic hydroxyl groups excluding tert-OH is 1. The summed E-state index contributed by atoms with van der Waals surface area (Å²) in [5, 5.41) is 23.4. The minimum absolute atomic E-state index is 0.134. The summed E-state index contributed by atoms with van der Waals surface area (Å²) in [6.45, 7) is 5.95. The number of hydrogen-bond acceptors (Lipinski definition) is 7. The van der Waals surface area contributed by atoms with Crippen LogP contribution in [0.3, 0.4) is 0 Å². The van der Waals surface area contributed by atoms with E-state index in [2.05, 4.69) is 15.3 Å². The number of nitrogens with one attached hydrogen (secondary N) is 1. The van der Waals surface area contributed by atoms with Gasteiger partial charge in [0.2, 0.25) is 11.8 Å². The van der Waals surface area contributed by atoms with E-state index in [0.29, 0.717) is 18.2 Å². The third kappa shape index (κ3) is 3.75. The van der Waals surface area contributed by atoms with Gasteiger partial charge in [0.05, 0.1) is 11.0 Å². The molecule has 0 aliphatic carbocycles. The van der Waals surface area contributed by atoms with Crippen LogP contribution in [-0.4, -0.2) is 46.2 Å². The Labute approximate surface area is 111 Å². The number of aryl methyl sites for hydroxylation is 1. The molecular weight excluding hydrogens is 250 g/mol. The maximum atomic E-state index is 11.1. The Morgan fingerprint density at radius 2 is 2.16 bits per heavy atom. The van der Waals surface area contributed by atoms with Crippen molar-refractivity contribution in [1.82, 2.24) is 9.97 Å². The molecule has 1 aromatic rings. The van der Waals surface area contributed by atoms with Crippen LogP contribution in [-0.2, 0) is 0 Å². The molecule has 0 fully saturated rings. The molecule has 2 N–H and O–H groups in total. The molecule has 0 saturated heterocycles. The molecule has 1 aromatic heterocycles. The van der Waals surface area contributed by atoms with Gasteiger partial charge in [-0.1, -0.05) is 0 Å². The Morgan fingerprint density at radius 1 is 1.53 bits per heavy atom. The second-order valence-electron chi connectivity index (χ2n) is 4.32. The first-order chi connectivity index (χ1) is 8.86. The average Bonchev–Trinajstić information content (AvgIpc) is 2.26. The third-order valence-corrected chi connectivity index (χ3v) is 2.46. The number of hydrogen-bond donors (Lipinski definition) is 2. The molecule has 1 heterocycles. The lowest BCUT2D eigenvalue weighted by atomic mass is 10.3. The van der Waals surface area contributed by atoms with Crippen molar-refractivity contribution in [2.45, 2.75) is 26.9 Å². The van der Waals surface area contributed by atoms with Crippen molar-refractivity contribution < 1.29 is 10.0 Å². The maximum absolute atomic E-state index is 11.1. The summed E-state index contributed by atoms with van der Waals surface area (Å²) in [5.41, 5.74) is 0.160. The summed E-state index contributed by atoms with van der Waals surface area (Å²) in [6.07, 6.45) is -0.609. The Balaban J connectivity index is 3.26. The fourth-order valence-corrected chi connectivity index (χ4v) is 1.75. The topological polar surface area (TPSA) is 104 Å². The number of nitrogens with zero attached hydrogens (tertiary/aromatic N) is 4. The smallest absolute Gasteiger partial charge is 0.332 e. The van der Waals surface area contributed by atoms with E-state index in [-0.39, 0.29) is 18.1 Å². The van der Waals surface area contributed by atoms with Crippen molar-refractivity contribution in [2.75, 3.05) is 30.4 Å². The van der Waals surface area contributed by atoms with Crippen molar-refractivity contribution >= 4 is 17.5 Å². The highest BCUT2D eigenvalue weighted by molar-refractivity contribution is 5.62. The van der Waals surface area contributed by atoms with Crippen LogP contribution in [0.4, 0.5) is 17.5 Å². The molecule has 0 spiro atoms. The van der Waals surface area contributed by atoms with Gasteiger partial charge < -0.3 is 15.3 Å². The first-order valence-electron chi connectivity index (χ1n) is 6.02. The standard InChI is InChI=1S/C11H19N5O3/c1-5-12-11-13-8(3)9(16(18)19)10(14-11)15(4)6-7(2)17/h7,17H,5-6H2,1-4H3,(H,12,13,14). The molecule has 0 saturated carbocycles. The number of aromatic nitrogens is 2. The largest absolute Gasteiger partial charge is 0.392 e. The van der Waals surface area contributed by atoms with Gasteiger partial charge in [-0.05, 0) is 20.8 Å². The Bertz CT molecular complexity index is 464. The van der Waals surface area contributed by atoms with Crippen molar-refractivity contribution in [1.29, 1.82) is 0 Å². The molecule has 0 amide bonds. The van der Waals surface area contributed by atoms with Crippen molar-refractivity contribution in [3.63, 3.8) is 0 Å². The molecule has 106 valence electrons.